The van der Waals surface area contributed by atoms with Crippen molar-refractivity contribution in [2.24, 2.45) is 0 Å². The zero-order valence-electron chi connectivity index (χ0n) is 17.8. The number of rotatable bonds is 7. The summed E-state index contributed by atoms with van der Waals surface area (Å²) in [6.07, 6.45) is 1.63. The lowest BCUT2D eigenvalue weighted by Crippen LogP contribution is -2.53. The SMILES string of the molecule is O=C1CN(C(C(=O)N2Cc3cn(S(=O)c4ccc(OC(F)F)cc4)nc3C2)c2ccccc2)C1. The van der Waals surface area contributed by atoms with Crippen LogP contribution < -0.4 is 4.74 Å². The van der Waals surface area contributed by atoms with E-state index in [2.05, 4.69) is 9.84 Å². The summed E-state index contributed by atoms with van der Waals surface area (Å²) in [4.78, 5) is 28.9. The molecule has 0 saturated carbocycles. The number of Topliss-reactive ketones (excluding diaryl/α,β-unsaturated/α-hetero) is 1. The third-order valence-corrected chi connectivity index (χ3v) is 6.97. The standard InChI is InChI=1S/C23H20F2N4O4S/c24-23(25)33-18-6-8-19(9-7-18)34(32)29-11-16-10-28(14-20(16)26-29)22(31)21(27-12-17(30)13-27)15-4-2-1-3-5-15/h1-9,11,21,23H,10,12-14H2. The molecule has 2 unspecified atom stereocenters. The van der Waals surface area contributed by atoms with Crippen LogP contribution >= 0.6 is 0 Å². The summed E-state index contributed by atoms with van der Waals surface area (Å²) < 4.78 is 43.1. The molecule has 0 spiro atoms. The number of nitrogens with zero attached hydrogens (tertiary/aromatic N) is 4. The van der Waals surface area contributed by atoms with Crippen molar-refractivity contribution in [3.05, 3.63) is 77.6 Å². The van der Waals surface area contributed by atoms with E-state index in [1.54, 1.807) is 11.1 Å². The third kappa shape index (κ3) is 4.36. The van der Waals surface area contributed by atoms with Gasteiger partial charge in [0.25, 0.3) is 0 Å². The average molecular weight is 487 g/mol. The second-order valence-corrected chi connectivity index (χ2v) is 9.40. The van der Waals surface area contributed by atoms with Gasteiger partial charge in [-0.25, -0.2) is 4.21 Å². The van der Waals surface area contributed by atoms with Gasteiger partial charge in [-0.3, -0.25) is 14.5 Å². The van der Waals surface area contributed by atoms with Crippen LogP contribution in [0.1, 0.15) is 22.9 Å². The zero-order valence-corrected chi connectivity index (χ0v) is 18.7. The molecule has 0 bridgehead atoms. The Labute approximate surface area is 196 Å². The van der Waals surface area contributed by atoms with E-state index in [-0.39, 0.29) is 37.1 Å². The van der Waals surface area contributed by atoms with Crippen molar-refractivity contribution in [2.75, 3.05) is 13.1 Å². The van der Waals surface area contributed by atoms with Crippen molar-refractivity contribution in [1.82, 2.24) is 19.0 Å². The minimum atomic E-state index is -2.93. The summed E-state index contributed by atoms with van der Waals surface area (Å²) >= 11 is 0. The molecule has 1 fully saturated rings. The Bertz CT molecular complexity index is 1220. The lowest BCUT2D eigenvalue weighted by molar-refractivity contribution is -0.144. The fraction of sp³-hybridized carbons (Fsp3) is 0.261. The van der Waals surface area contributed by atoms with Gasteiger partial charge in [-0.1, -0.05) is 30.3 Å². The van der Waals surface area contributed by atoms with Crippen molar-refractivity contribution in [3.63, 3.8) is 0 Å². The van der Waals surface area contributed by atoms with Gasteiger partial charge in [0, 0.05) is 18.3 Å². The van der Waals surface area contributed by atoms with Crippen LogP contribution in [0.3, 0.4) is 0 Å². The largest absolute Gasteiger partial charge is 0.435 e. The maximum Gasteiger partial charge on any atom is 0.387 e. The van der Waals surface area contributed by atoms with Crippen molar-refractivity contribution in [3.8, 4) is 5.75 Å². The van der Waals surface area contributed by atoms with Gasteiger partial charge >= 0.3 is 6.61 Å². The molecule has 1 aromatic heterocycles. The minimum absolute atomic E-state index is 0.0234. The summed E-state index contributed by atoms with van der Waals surface area (Å²) in [5.41, 5.74) is 2.26. The van der Waals surface area contributed by atoms with Crippen LogP contribution in [0, 0.1) is 0 Å². The molecule has 2 aromatic carbocycles. The molecule has 0 N–H and O–H groups in total. The van der Waals surface area contributed by atoms with Crippen LogP contribution in [0.5, 0.6) is 5.75 Å². The number of ketones is 1. The number of amides is 1. The van der Waals surface area contributed by atoms with Crippen molar-refractivity contribution in [2.45, 2.75) is 30.6 Å². The van der Waals surface area contributed by atoms with Gasteiger partial charge in [0.2, 0.25) is 5.91 Å². The highest BCUT2D eigenvalue weighted by molar-refractivity contribution is 7.83. The van der Waals surface area contributed by atoms with Crippen LogP contribution in [-0.2, 0) is 33.7 Å². The van der Waals surface area contributed by atoms with E-state index < -0.39 is 23.6 Å². The lowest BCUT2D eigenvalue weighted by Gasteiger charge is -2.38. The number of fused-ring (bicyclic) bond motifs is 1. The van der Waals surface area contributed by atoms with Gasteiger partial charge in [0.15, 0.2) is 16.8 Å². The van der Waals surface area contributed by atoms with Crippen LogP contribution in [0.25, 0.3) is 0 Å². The van der Waals surface area contributed by atoms with Gasteiger partial charge in [-0.2, -0.15) is 18.0 Å². The topological polar surface area (TPSA) is 84.7 Å². The van der Waals surface area contributed by atoms with E-state index in [0.29, 0.717) is 17.1 Å². The second kappa shape index (κ2) is 9.07. The van der Waals surface area contributed by atoms with Crippen LogP contribution in [0.4, 0.5) is 8.78 Å². The number of alkyl halides is 2. The zero-order chi connectivity index (χ0) is 23.8. The van der Waals surface area contributed by atoms with E-state index in [0.717, 1.165) is 11.1 Å². The molecule has 0 aliphatic carbocycles. The maximum atomic E-state index is 13.4. The van der Waals surface area contributed by atoms with Crippen LogP contribution in [-0.4, -0.2) is 54.6 Å². The molecular weight excluding hydrogens is 466 g/mol. The Hall–Kier alpha value is -3.44. The molecule has 2 atom stereocenters. The second-order valence-electron chi connectivity index (χ2n) is 8.05. The van der Waals surface area contributed by atoms with Gasteiger partial charge in [0.1, 0.15) is 11.8 Å². The predicted molar refractivity (Wildman–Crippen MR) is 117 cm³/mol. The molecule has 8 nitrogen and oxygen atoms in total. The van der Waals surface area contributed by atoms with E-state index in [1.165, 1.54) is 28.4 Å². The fourth-order valence-electron chi connectivity index (χ4n) is 4.12. The molecule has 0 radical (unpaired) electrons. The van der Waals surface area contributed by atoms with E-state index in [4.69, 9.17) is 0 Å². The smallest absolute Gasteiger partial charge is 0.387 e. The fourth-order valence-corrected chi connectivity index (χ4v) is 5.10. The third-order valence-electron chi connectivity index (χ3n) is 5.76. The number of likely N-dealkylation sites (tertiary alicyclic amines) is 1. The van der Waals surface area contributed by atoms with E-state index in [1.807, 2.05) is 35.2 Å². The van der Waals surface area contributed by atoms with Crippen LogP contribution in [0.15, 0.2) is 65.7 Å². The van der Waals surface area contributed by atoms with Gasteiger partial charge in [0.05, 0.1) is 30.2 Å². The summed E-state index contributed by atoms with van der Waals surface area (Å²) in [5.74, 6) is -0.0326. The number of hydrogen-bond acceptors (Lipinski definition) is 6. The first-order valence-electron chi connectivity index (χ1n) is 10.5. The molecular formula is C23H20F2N4O4S. The molecule has 1 saturated heterocycles. The molecule has 11 heteroatoms. The maximum absolute atomic E-state index is 13.4. The summed E-state index contributed by atoms with van der Waals surface area (Å²) in [6.45, 7) is -1.85. The Balaban J connectivity index is 1.29. The first-order chi connectivity index (χ1) is 16.4. The van der Waals surface area contributed by atoms with Gasteiger partial charge < -0.3 is 9.64 Å². The Kier molecular flexibility index (Phi) is 5.96. The molecule has 3 aromatic rings. The minimum Gasteiger partial charge on any atom is -0.435 e. The van der Waals surface area contributed by atoms with Crippen molar-refractivity contribution < 1.29 is 27.3 Å². The highest BCUT2D eigenvalue weighted by atomic mass is 32.2. The number of halogens is 2. The number of aromatic nitrogens is 2. The average Bonchev–Trinajstić information content (AvgIpc) is 3.38. The molecule has 34 heavy (non-hydrogen) atoms. The highest BCUT2D eigenvalue weighted by Crippen LogP contribution is 2.31. The number of ether oxygens (including phenoxy) is 1. The molecule has 3 heterocycles. The first-order valence-corrected chi connectivity index (χ1v) is 11.6. The molecule has 1 amide bonds. The number of benzene rings is 2. The van der Waals surface area contributed by atoms with Crippen LogP contribution in [0.2, 0.25) is 0 Å². The summed E-state index contributed by atoms with van der Waals surface area (Å²) in [7, 11) is -1.68. The predicted octanol–water partition coefficient (Wildman–Crippen LogP) is 2.52. The molecule has 2 aliphatic heterocycles. The van der Waals surface area contributed by atoms with E-state index in [9.17, 15) is 22.6 Å². The molecule has 2 aliphatic rings. The summed E-state index contributed by atoms with van der Waals surface area (Å²) in [6, 6.07) is 14.3. The van der Waals surface area contributed by atoms with Gasteiger partial charge in [-0.05, 0) is 29.8 Å². The summed E-state index contributed by atoms with van der Waals surface area (Å²) in [5, 5.41) is 4.40. The van der Waals surface area contributed by atoms with Crippen molar-refractivity contribution in [1.29, 1.82) is 0 Å². The number of carbonyl (C=O) groups excluding carboxylic acids is 2. The molecule has 5 rings (SSSR count). The first kappa shape index (κ1) is 22.4. The number of carbonyl (C=O) groups is 2. The monoisotopic (exact) mass is 486 g/mol. The Morgan fingerprint density at radius 3 is 2.32 bits per heavy atom. The van der Waals surface area contributed by atoms with Gasteiger partial charge in [-0.15, -0.1) is 0 Å². The quantitative estimate of drug-likeness (QED) is 0.510. The number of hydrogen-bond donors (Lipinski definition) is 0. The normalized spacial score (nSPS) is 17.4. The Morgan fingerprint density at radius 2 is 1.71 bits per heavy atom. The molecule has 176 valence electrons. The van der Waals surface area contributed by atoms with E-state index >= 15 is 0 Å². The Morgan fingerprint density at radius 1 is 1.00 bits per heavy atom. The van der Waals surface area contributed by atoms with Crippen molar-refractivity contribution >= 4 is 22.7 Å². The lowest BCUT2D eigenvalue weighted by atomic mass is 10.00. The highest BCUT2D eigenvalue weighted by Gasteiger charge is 2.40.